The highest BCUT2D eigenvalue weighted by Gasteiger charge is 2.07. The number of rotatable bonds is 2. The lowest BCUT2D eigenvalue weighted by molar-refractivity contribution is 0.477. The Labute approximate surface area is 137 Å². The van der Waals surface area contributed by atoms with Crippen molar-refractivity contribution in [3.8, 4) is 5.75 Å². The second-order valence-corrected chi connectivity index (χ2v) is 5.72. The zero-order valence-electron chi connectivity index (χ0n) is 11.7. The van der Waals surface area contributed by atoms with Gasteiger partial charge in [-0.1, -0.05) is 53.5 Å². The van der Waals surface area contributed by atoms with Crippen molar-refractivity contribution in [3.63, 3.8) is 0 Å². The minimum Gasteiger partial charge on any atom is -0.506 e. The highest BCUT2D eigenvalue weighted by Crippen LogP contribution is 2.37. The first kappa shape index (κ1) is 14.8. The predicted molar refractivity (Wildman–Crippen MR) is 91.0 cm³/mol. The number of nitrogens with zero attached hydrogens (tertiary/aromatic N) is 2. The zero-order valence-corrected chi connectivity index (χ0v) is 13.2. The monoisotopic (exact) mass is 330 g/mol. The molecule has 1 N–H and O–H groups in total. The molecule has 3 rings (SSSR count). The van der Waals surface area contributed by atoms with Crippen LogP contribution in [0, 0.1) is 6.92 Å². The van der Waals surface area contributed by atoms with Gasteiger partial charge in [-0.25, -0.2) is 0 Å². The lowest BCUT2D eigenvalue weighted by Gasteiger charge is -2.05. The Morgan fingerprint density at radius 3 is 2.50 bits per heavy atom. The van der Waals surface area contributed by atoms with E-state index < -0.39 is 0 Å². The van der Waals surface area contributed by atoms with Crippen LogP contribution in [-0.2, 0) is 0 Å². The summed E-state index contributed by atoms with van der Waals surface area (Å²) < 4.78 is 0. The molecule has 110 valence electrons. The first-order valence-electron chi connectivity index (χ1n) is 6.64. The molecule has 0 spiro atoms. The van der Waals surface area contributed by atoms with Gasteiger partial charge in [-0.3, -0.25) is 0 Å². The summed E-state index contributed by atoms with van der Waals surface area (Å²) in [6.07, 6.45) is 0. The van der Waals surface area contributed by atoms with Crippen LogP contribution < -0.4 is 0 Å². The molecule has 0 saturated heterocycles. The summed E-state index contributed by atoms with van der Waals surface area (Å²) in [7, 11) is 0. The molecule has 0 atom stereocenters. The third-order valence-corrected chi connectivity index (χ3v) is 4.08. The summed E-state index contributed by atoms with van der Waals surface area (Å²) in [5, 5.41) is 21.2. The van der Waals surface area contributed by atoms with Crippen molar-refractivity contribution in [3.05, 3.63) is 64.1 Å². The quantitative estimate of drug-likeness (QED) is 0.530. The van der Waals surface area contributed by atoms with E-state index in [4.69, 9.17) is 23.2 Å². The maximum atomic E-state index is 10.0. The van der Waals surface area contributed by atoms with Crippen molar-refractivity contribution in [2.24, 2.45) is 10.2 Å². The summed E-state index contributed by atoms with van der Waals surface area (Å²) in [5.41, 5.74) is 1.79. The molecule has 0 fully saturated rings. The maximum absolute atomic E-state index is 10.0. The molecule has 3 nitrogen and oxygen atoms in total. The Morgan fingerprint density at radius 1 is 0.909 bits per heavy atom. The topological polar surface area (TPSA) is 45.0 Å². The fraction of sp³-hybridized carbons (Fsp3) is 0.0588. The van der Waals surface area contributed by atoms with E-state index in [0.29, 0.717) is 21.4 Å². The van der Waals surface area contributed by atoms with Crippen molar-refractivity contribution in [2.45, 2.75) is 6.92 Å². The van der Waals surface area contributed by atoms with Crippen LogP contribution in [0.4, 0.5) is 11.4 Å². The van der Waals surface area contributed by atoms with Crippen LogP contribution in [0.3, 0.4) is 0 Å². The number of fused-ring (bicyclic) bond motifs is 1. The molecule has 0 radical (unpaired) electrons. The van der Waals surface area contributed by atoms with Crippen LogP contribution in [-0.4, -0.2) is 5.11 Å². The molecule has 3 aromatic carbocycles. The summed E-state index contributed by atoms with van der Waals surface area (Å²) >= 11 is 12.1. The zero-order chi connectivity index (χ0) is 15.7. The van der Waals surface area contributed by atoms with E-state index in [2.05, 4.69) is 10.2 Å². The van der Waals surface area contributed by atoms with Gasteiger partial charge in [-0.2, -0.15) is 0 Å². The van der Waals surface area contributed by atoms with Crippen molar-refractivity contribution < 1.29 is 5.11 Å². The van der Waals surface area contributed by atoms with E-state index in [0.717, 1.165) is 16.3 Å². The maximum Gasteiger partial charge on any atom is 0.143 e. The van der Waals surface area contributed by atoms with E-state index in [1.165, 1.54) is 0 Å². The molecule has 0 aliphatic rings. The minimum absolute atomic E-state index is 0.0734. The molecule has 0 saturated carbocycles. The van der Waals surface area contributed by atoms with E-state index in [9.17, 15) is 5.11 Å². The minimum atomic E-state index is 0.0734. The number of halogens is 2. The lowest BCUT2D eigenvalue weighted by atomic mass is 10.1. The third kappa shape index (κ3) is 2.78. The molecule has 3 aromatic rings. The molecule has 0 amide bonds. The van der Waals surface area contributed by atoms with Gasteiger partial charge in [-0.15, -0.1) is 10.2 Å². The number of azo groups is 1. The summed E-state index contributed by atoms with van der Waals surface area (Å²) in [6.45, 7) is 1.87. The molecular weight excluding hydrogens is 319 g/mol. The fourth-order valence-corrected chi connectivity index (χ4v) is 2.59. The molecule has 5 heteroatoms. The number of hydrogen-bond donors (Lipinski definition) is 1. The average molecular weight is 331 g/mol. The van der Waals surface area contributed by atoms with Crippen molar-refractivity contribution in [2.75, 3.05) is 0 Å². The van der Waals surface area contributed by atoms with Crippen LogP contribution in [0.1, 0.15) is 5.56 Å². The largest absolute Gasteiger partial charge is 0.506 e. The van der Waals surface area contributed by atoms with E-state index in [-0.39, 0.29) is 5.75 Å². The van der Waals surface area contributed by atoms with Gasteiger partial charge >= 0.3 is 0 Å². The Bertz CT molecular complexity index is 891. The molecule has 22 heavy (non-hydrogen) atoms. The smallest absolute Gasteiger partial charge is 0.143 e. The second-order valence-electron chi connectivity index (χ2n) is 4.91. The number of phenols is 1. The van der Waals surface area contributed by atoms with Crippen LogP contribution in [0.15, 0.2) is 58.8 Å². The standard InChI is InChI=1S/C17H12Cl2N2O/c1-10-8-15(14(19)9-13(10)18)20-21-17-12-5-3-2-4-11(12)6-7-16(17)22/h2-9,22H,1H3. The molecule has 0 bridgehead atoms. The van der Waals surface area contributed by atoms with Crippen LogP contribution in [0.25, 0.3) is 10.8 Å². The van der Waals surface area contributed by atoms with Gasteiger partial charge in [0.25, 0.3) is 0 Å². The van der Waals surface area contributed by atoms with E-state index in [1.807, 2.05) is 37.3 Å². The molecule has 0 aliphatic carbocycles. The Hall–Kier alpha value is -2.10. The molecule has 0 heterocycles. The first-order valence-corrected chi connectivity index (χ1v) is 7.40. The van der Waals surface area contributed by atoms with Crippen molar-refractivity contribution in [1.29, 1.82) is 0 Å². The predicted octanol–water partition coefficient (Wildman–Crippen LogP) is 6.58. The van der Waals surface area contributed by atoms with Crippen LogP contribution >= 0.6 is 23.2 Å². The summed E-state index contributed by atoms with van der Waals surface area (Å²) in [4.78, 5) is 0. The number of phenolic OH excluding ortho intramolecular Hbond substituents is 1. The van der Waals surface area contributed by atoms with Gasteiger partial charge in [0.1, 0.15) is 17.1 Å². The number of hydrogen-bond acceptors (Lipinski definition) is 3. The molecule has 0 unspecified atom stereocenters. The molecular formula is C17H12Cl2N2O. The second kappa shape index (κ2) is 5.95. The van der Waals surface area contributed by atoms with Crippen LogP contribution in [0.5, 0.6) is 5.75 Å². The number of benzene rings is 3. The van der Waals surface area contributed by atoms with Crippen molar-refractivity contribution in [1.82, 2.24) is 0 Å². The summed E-state index contributed by atoms with van der Waals surface area (Å²) in [5.74, 6) is 0.0734. The lowest BCUT2D eigenvalue weighted by Crippen LogP contribution is -1.77. The van der Waals surface area contributed by atoms with Gasteiger partial charge in [0.2, 0.25) is 0 Å². The normalized spacial score (nSPS) is 11.4. The third-order valence-electron chi connectivity index (χ3n) is 3.37. The summed E-state index contributed by atoms with van der Waals surface area (Å²) in [6, 6.07) is 14.5. The number of aromatic hydroxyl groups is 1. The van der Waals surface area contributed by atoms with E-state index >= 15 is 0 Å². The Balaban J connectivity index is 2.10. The van der Waals surface area contributed by atoms with E-state index in [1.54, 1.807) is 18.2 Å². The van der Waals surface area contributed by atoms with Gasteiger partial charge < -0.3 is 5.11 Å². The Morgan fingerprint density at radius 2 is 1.68 bits per heavy atom. The first-order chi connectivity index (χ1) is 10.6. The van der Waals surface area contributed by atoms with Crippen molar-refractivity contribution >= 4 is 45.3 Å². The highest BCUT2D eigenvalue weighted by atomic mass is 35.5. The highest BCUT2D eigenvalue weighted by molar-refractivity contribution is 6.36. The Kier molecular flexibility index (Phi) is 4.01. The average Bonchev–Trinajstić information content (AvgIpc) is 2.51. The number of aryl methyl sites for hydroxylation is 1. The van der Waals surface area contributed by atoms with Gasteiger partial charge in [-0.05, 0) is 36.1 Å². The fourth-order valence-electron chi connectivity index (χ4n) is 2.17. The molecule has 0 aliphatic heterocycles. The SMILES string of the molecule is Cc1cc(N=Nc2c(O)ccc3ccccc23)c(Cl)cc1Cl. The van der Waals surface area contributed by atoms with Gasteiger partial charge in [0.05, 0.1) is 5.02 Å². The van der Waals surface area contributed by atoms with Gasteiger partial charge in [0, 0.05) is 10.4 Å². The van der Waals surface area contributed by atoms with Crippen LogP contribution in [0.2, 0.25) is 10.0 Å². The van der Waals surface area contributed by atoms with Gasteiger partial charge in [0.15, 0.2) is 0 Å². The molecule has 0 aromatic heterocycles.